The molecule has 0 fully saturated rings. The minimum Gasteiger partial charge on any atom is -0.462 e. The molecule has 0 spiro atoms. The number of carbonyl (C=O) groups excluding carboxylic acids is 2. The SMILES string of the molecule is CCOC(=O)c1c(-c2ccc(Cl)cc2)csc1NC(=O)CSc1ccc(Cl)cc1. The number of thiophene rings is 1. The van der Waals surface area contributed by atoms with Crippen molar-refractivity contribution in [2.75, 3.05) is 17.7 Å². The maximum atomic E-state index is 12.6. The smallest absolute Gasteiger partial charge is 0.341 e. The van der Waals surface area contributed by atoms with Crippen molar-refractivity contribution in [2.45, 2.75) is 11.8 Å². The van der Waals surface area contributed by atoms with E-state index in [9.17, 15) is 9.59 Å². The normalized spacial score (nSPS) is 10.6. The molecule has 0 saturated heterocycles. The summed E-state index contributed by atoms with van der Waals surface area (Å²) in [7, 11) is 0. The van der Waals surface area contributed by atoms with Crippen LogP contribution in [0, 0.1) is 0 Å². The minimum absolute atomic E-state index is 0.206. The summed E-state index contributed by atoms with van der Waals surface area (Å²) >= 11 is 14.5. The summed E-state index contributed by atoms with van der Waals surface area (Å²) in [6.07, 6.45) is 0. The summed E-state index contributed by atoms with van der Waals surface area (Å²) in [4.78, 5) is 26.0. The zero-order valence-electron chi connectivity index (χ0n) is 15.4. The van der Waals surface area contributed by atoms with E-state index in [1.807, 2.05) is 29.6 Å². The molecule has 0 aliphatic rings. The van der Waals surface area contributed by atoms with Gasteiger partial charge in [-0.3, -0.25) is 4.79 Å². The van der Waals surface area contributed by atoms with Gasteiger partial charge < -0.3 is 10.1 Å². The first-order valence-corrected chi connectivity index (χ1v) is 11.3. The van der Waals surface area contributed by atoms with Crippen LogP contribution in [-0.4, -0.2) is 24.2 Å². The van der Waals surface area contributed by atoms with Gasteiger partial charge in [-0.05, 0) is 48.9 Å². The van der Waals surface area contributed by atoms with Gasteiger partial charge in [0.15, 0.2) is 0 Å². The molecule has 0 unspecified atom stereocenters. The molecule has 2 aromatic carbocycles. The molecule has 3 aromatic rings. The number of amides is 1. The van der Waals surface area contributed by atoms with Crippen LogP contribution in [0.1, 0.15) is 17.3 Å². The van der Waals surface area contributed by atoms with E-state index in [1.165, 1.54) is 23.1 Å². The number of hydrogen-bond donors (Lipinski definition) is 1. The number of halogens is 2. The van der Waals surface area contributed by atoms with Crippen molar-refractivity contribution in [3.8, 4) is 11.1 Å². The van der Waals surface area contributed by atoms with Crippen LogP contribution in [-0.2, 0) is 9.53 Å². The van der Waals surface area contributed by atoms with E-state index < -0.39 is 5.97 Å². The Morgan fingerprint density at radius 3 is 2.28 bits per heavy atom. The average Bonchev–Trinajstić information content (AvgIpc) is 3.12. The molecule has 1 aromatic heterocycles. The van der Waals surface area contributed by atoms with Gasteiger partial charge in [-0.25, -0.2) is 4.79 Å². The third kappa shape index (κ3) is 5.76. The molecular weight excluding hydrogens is 449 g/mol. The highest BCUT2D eigenvalue weighted by atomic mass is 35.5. The molecule has 0 radical (unpaired) electrons. The fourth-order valence-corrected chi connectivity index (χ4v) is 4.46. The van der Waals surface area contributed by atoms with E-state index >= 15 is 0 Å². The predicted octanol–water partition coefficient (Wildman–Crippen LogP) is 6.63. The highest BCUT2D eigenvalue weighted by Crippen LogP contribution is 2.37. The van der Waals surface area contributed by atoms with Crippen molar-refractivity contribution in [3.05, 3.63) is 69.5 Å². The topological polar surface area (TPSA) is 55.4 Å². The molecule has 8 heteroatoms. The Labute approximate surface area is 187 Å². The summed E-state index contributed by atoms with van der Waals surface area (Å²) in [6, 6.07) is 14.4. The molecule has 0 bridgehead atoms. The highest BCUT2D eigenvalue weighted by molar-refractivity contribution is 8.00. The van der Waals surface area contributed by atoms with E-state index in [0.29, 0.717) is 26.2 Å². The van der Waals surface area contributed by atoms with Gasteiger partial charge >= 0.3 is 5.97 Å². The van der Waals surface area contributed by atoms with Gasteiger partial charge in [-0.1, -0.05) is 35.3 Å². The Bertz CT molecular complexity index is 1000. The number of esters is 1. The number of thioether (sulfide) groups is 1. The summed E-state index contributed by atoms with van der Waals surface area (Å²) in [5, 5.41) is 6.39. The number of rotatable bonds is 7. The van der Waals surface area contributed by atoms with Gasteiger partial charge in [0.1, 0.15) is 10.6 Å². The molecule has 1 N–H and O–H groups in total. The van der Waals surface area contributed by atoms with E-state index in [1.54, 1.807) is 31.2 Å². The lowest BCUT2D eigenvalue weighted by Crippen LogP contribution is -2.16. The predicted molar refractivity (Wildman–Crippen MR) is 122 cm³/mol. The molecule has 0 aliphatic heterocycles. The molecule has 1 amide bonds. The van der Waals surface area contributed by atoms with E-state index in [0.717, 1.165) is 10.5 Å². The second kappa shape index (κ2) is 10.2. The van der Waals surface area contributed by atoms with Gasteiger partial charge in [-0.15, -0.1) is 23.1 Å². The number of hydrogen-bond acceptors (Lipinski definition) is 5. The van der Waals surface area contributed by atoms with Crippen LogP contribution in [0.5, 0.6) is 0 Å². The molecule has 29 heavy (non-hydrogen) atoms. The molecule has 0 saturated carbocycles. The van der Waals surface area contributed by atoms with Crippen molar-refractivity contribution in [1.29, 1.82) is 0 Å². The highest BCUT2D eigenvalue weighted by Gasteiger charge is 2.22. The van der Waals surface area contributed by atoms with Crippen LogP contribution in [0.2, 0.25) is 10.0 Å². The second-order valence-electron chi connectivity index (χ2n) is 5.87. The van der Waals surface area contributed by atoms with Crippen LogP contribution >= 0.6 is 46.3 Å². The molecule has 0 atom stereocenters. The fraction of sp³-hybridized carbons (Fsp3) is 0.143. The molecule has 4 nitrogen and oxygen atoms in total. The van der Waals surface area contributed by atoms with Gasteiger partial charge in [-0.2, -0.15) is 0 Å². The molecular formula is C21H17Cl2NO3S2. The first-order valence-electron chi connectivity index (χ1n) is 8.70. The van der Waals surface area contributed by atoms with E-state index in [2.05, 4.69) is 5.32 Å². The average molecular weight is 466 g/mol. The van der Waals surface area contributed by atoms with Gasteiger partial charge in [0.05, 0.1) is 12.4 Å². The number of nitrogens with one attached hydrogen (secondary N) is 1. The number of carbonyl (C=O) groups is 2. The number of benzene rings is 2. The Morgan fingerprint density at radius 2 is 1.66 bits per heavy atom. The van der Waals surface area contributed by atoms with Crippen molar-refractivity contribution < 1.29 is 14.3 Å². The third-order valence-corrected chi connectivity index (χ3v) is 6.27. The lowest BCUT2D eigenvalue weighted by Gasteiger charge is -2.09. The minimum atomic E-state index is -0.473. The van der Waals surface area contributed by atoms with Crippen molar-refractivity contribution in [2.24, 2.45) is 0 Å². The summed E-state index contributed by atoms with van der Waals surface area (Å²) in [5.74, 6) is -0.475. The van der Waals surface area contributed by atoms with E-state index in [4.69, 9.17) is 27.9 Å². The van der Waals surface area contributed by atoms with Crippen molar-refractivity contribution in [1.82, 2.24) is 0 Å². The van der Waals surface area contributed by atoms with Gasteiger partial charge in [0.25, 0.3) is 0 Å². The van der Waals surface area contributed by atoms with Gasteiger partial charge in [0, 0.05) is 25.9 Å². The Morgan fingerprint density at radius 1 is 1.03 bits per heavy atom. The quantitative estimate of drug-likeness (QED) is 0.314. The standard InChI is InChI=1S/C21H17Cl2NO3S2/c1-2-27-21(26)19-17(13-3-5-14(22)6-4-13)11-29-20(19)24-18(25)12-28-16-9-7-15(23)8-10-16/h3-11H,2,12H2,1H3,(H,24,25). The third-order valence-electron chi connectivity index (χ3n) is 3.86. The van der Waals surface area contributed by atoms with Gasteiger partial charge in [0.2, 0.25) is 5.91 Å². The van der Waals surface area contributed by atoms with Crippen molar-refractivity contribution >= 4 is 63.2 Å². The summed E-state index contributed by atoms with van der Waals surface area (Å²) < 4.78 is 5.21. The number of anilines is 1. The first kappa shape index (κ1) is 21.7. The zero-order chi connectivity index (χ0) is 20.8. The Hall–Kier alpha value is -1.99. The molecule has 1 heterocycles. The lowest BCUT2D eigenvalue weighted by molar-refractivity contribution is -0.113. The number of ether oxygens (including phenoxy) is 1. The summed E-state index contributed by atoms with van der Waals surface area (Å²) in [6.45, 7) is 1.99. The van der Waals surface area contributed by atoms with Crippen LogP contribution in [0.25, 0.3) is 11.1 Å². The maximum Gasteiger partial charge on any atom is 0.341 e. The summed E-state index contributed by atoms with van der Waals surface area (Å²) in [5.41, 5.74) is 1.87. The Balaban J connectivity index is 1.78. The van der Waals surface area contributed by atoms with Crippen molar-refractivity contribution in [3.63, 3.8) is 0 Å². The lowest BCUT2D eigenvalue weighted by atomic mass is 10.0. The largest absolute Gasteiger partial charge is 0.462 e. The molecule has 0 aliphatic carbocycles. The van der Waals surface area contributed by atoms with E-state index in [-0.39, 0.29) is 18.3 Å². The molecule has 150 valence electrons. The Kier molecular flexibility index (Phi) is 7.61. The monoisotopic (exact) mass is 465 g/mol. The first-order chi connectivity index (χ1) is 14.0. The van der Waals surface area contributed by atoms with Crippen LogP contribution in [0.15, 0.2) is 58.8 Å². The maximum absolute atomic E-state index is 12.6. The second-order valence-corrected chi connectivity index (χ2v) is 8.67. The van der Waals surface area contributed by atoms with Crippen LogP contribution in [0.3, 0.4) is 0 Å². The zero-order valence-corrected chi connectivity index (χ0v) is 18.6. The fourth-order valence-electron chi connectivity index (χ4n) is 2.54. The van der Waals surface area contributed by atoms with Crippen LogP contribution in [0.4, 0.5) is 5.00 Å². The molecule has 3 rings (SSSR count). The van der Waals surface area contributed by atoms with Crippen LogP contribution < -0.4 is 5.32 Å².